The average molecular weight is 376 g/mol. The summed E-state index contributed by atoms with van der Waals surface area (Å²) in [7, 11) is 1.34. The fourth-order valence-corrected chi connectivity index (χ4v) is 3.40. The largest absolute Gasteiger partial charge is 0.465 e. The number of carbonyl (C=O) groups is 1. The number of benzene rings is 2. The second-order valence-corrected chi connectivity index (χ2v) is 7.87. The third-order valence-corrected chi connectivity index (χ3v) is 4.97. The van der Waals surface area contributed by atoms with E-state index in [0.717, 1.165) is 11.1 Å². The van der Waals surface area contributed by atoms with Gasteiger partial charge in [0.25, 0.3) is 0 Å². The zero-order chi connectivity index (χ0) is 20.1. The first kappa shape index (κ1) is 18.2. The predicted octanol–water partition coefficient (Wildman–Crippen LogP) is 5.38. The highest BCUT2D eigenvalue weighted by atomic mass is 19.1. The third kappa shape index (κ3) is 2.93. The Morgan fingerprint density at radius 3 is 2.43 bits per heavy atom. The lowest BCUT2D eigenvalue weighted by molar-refractivity contribution is 0.0601. The molecule has 2 aromatic carbocycles. The van der Waals surface area contributed by atoms with Crippen molar-refractivity contribution in [3.8, 4) is 11.3 Å². The number of ether oxygens (including phenoxy) is 1. The molecule has 0 saturated carbocycles. The van der Waals surface area contributed by atoms with E-state index in [1.54, 1.807) is 28.8 Å². The first-order valence-corrected chi connectivity index (χ1v) is 9.09. The van der Waals surface area contributed by atoms with Gasteiger partial charge in [-0.1, -0.05) is 45.0 Å². The Balaban J connectivity index is 1.97. The highest BCUT2D eigenvalue weighted by Gasteiger charge is 2.18. The lowest BCUT2D eigenvalue weighted by Gasteiger charge is -2.19. The molecule has 0 aliphatic rings. The van der Waals surface area contributed by atoms with Crippen LogP contribution in [0.1, 0.15) is 36.7 Å². The van der Waals surface area contributed by atoms with Crippen LogP contribution in [0.3, 0.4) is 0 Å². The molecule has 0 unspecified atom stereocenters. The fourth-order valence-electron chi connectivity index (χ4n) is 3.40. The molecule has 0 aliphatic heterocycles. The van der Waals surface area contributed by atoms with Gasteiger partial charge in [0.1, 0.15) is 5.52 Å². The first-order chi connectivity index (χ1) is 13.3. The maximum atomic E-state index is 14.6. The Bertz CT molecular complexity index is 1200. The maximum Gasteiger partial charge on any atom is 0.337 e. The quantitative estimate of drug-likeness (QED) is 0.441. The minimum atomic E-state index is -0.432. The molecule has 2 heterocycles. The average Bonchev–Trinajstić information content (AvgIpc) is 3.07. The van der Waals surface area contributed by atoms with Crippen molar-refractivity contribution in [1.29, 1.82) is 0 Å². The Hall–Kier alpha value is -3.21. The van der Waals surface area contributed by atoms with Crippen molar-refractivity contribution in [3.63, 3.8) is 0 Å². The molecule has 0 fully saturated rings. The number of esters is 1. The first-order valence-electron chi connectivity index (χ1n) is 9.09. The smallest absolute Gasteiger partial charge is 0.337 e. The summed E-state index contributed by atoms with van der Waals surface area (Å²) in [4.78, 5) is 16.6. The van der Waals surface area contributed by atoms with Crippen molar-refractivity contribution < 1.29 is 13.9 Å². The zero-order valence-corrected chi connectivity index (χ0v) is 16.3. The number of nitrogens with zero attached hydrogens (tertiary/aromatic N) is 2. The molecule has 0 atom stereocenters. The van der Waals surface area contributed by atoms with Gasteiger partial charge in [0.05, 0.1) is 29.4 Å². The van der Waals surface area contributed by atoms with Crippen LogP contribution in [-0.4, -0.2) is 22.5 Å². The van der Waals surface area contributed by atoms with Crippen molar-refractivity contribution in [2.75, 3.05) is 7.11 Å². The maximum absolute atomic E-state index is 14.6. The molecule has 0 aliphatic carbocycles. The molecule has 0 N–H and O–H groups in total. The Kier molecular flexibility index (Phi) is 4.18. The highest BCUT2D eigenvalue weighted by molar-refractivity contribution is 5.95. The van der Waals surface area contributed by atoms with Crippen molar-refractivity contribution in [2.45, 2.75) is 26.2 Å². The van der Waals surface area contributed by atoms with E-state index in [0.29, 0.717) is 22.3 Å². The van der Waals surface area contributed by atoms with Crippen LogP contribution in [0.25, 0.3) is 27.8 Å². The molecular weight excluding hydrogens is 355 g/mol. The van der Waals surface area contributed by atoms with Crippen LogP contribution in [0.4, 0.5) is 4.39 Å². The van der Waals surface area contributed by atoms with Crippen LogP contribution in [-0.2, 0) is 10.2 Å². The van der Waals surface area contributed by atoms with Gasteiger partial charge in [-0.05, 0) is 35.2 Å². The van der Waals surface area contributed by atoms with Crippen molar-refractivity contribution in [2.24, 2.45) is 0 Å². The van der Waals surface area contributed by atoms with Crippen LogP contribution in [0.15, 0.2) is 54.7 Å². The van der Waals surface area contributed by atoms with Crippen molar-refractivity contribution in [1.82, 2.24) is 9.38 Å². The van der Waals surface area contributed by atoms with E-state index in [1.165, 1.54) is 18.7 Å². The number of aromatic nitrogens is 2. The van der Waals surface area contributed by atoms with Gasteiger partial charge in [0.2, 0.25) is 0 Å². The molecule has 28 heavy (non-hydrogen) atoms. The summed E-state index contributed by atoms with van der Waals surface area (Å²) in [6, 6.07) is 14.5. The Morgan fingerprint density at radius 2 is 1.79 bits per heavy atom. The molecule has 2 aromatic heterocycles. The molecule has 0 bridgehead atoms. The second-order valence-electron chi connectivity index (χ2n) is 7.87. The van der Waals surface area contributed by atoms with Gasteiger partial charge in [-0.25, -0.2) is 14.2 Å². The number of halogens is 1. The van der Waals surface area contributed by atoms with Crippen LogP contribution < -0.4 is 0 Å². The van der Waals surface area contributed by atoms with Gasteiger partial charge >= 0.3 is 5.97 Å². The van der Waals surface area contributed by atoms with E-state index in [1.807, 2.05) is 24.3 Å². The van der Waals surface area contributed by atoms with Crippen LogP contribution in [0.5, 0.6) is 0 Å². The second kappa shape index (κ2) is 6.44. The molecule has 4 aromatic rings. The van der Waals surface area contributed by atoms with Crippen LogP contribution in [0.2, 0.25) is 0 Å². The lowest BCUT2D eigenvalue weighted by atomic mass is 9.86. The zero-order valence-electron chi connectivity index (χ0n) is 16.3. The summed E-state index contributed by atoms with van der Waals surface area (Å²) < 4.78 is 21.2. The Labute approximate surface area is 162 Å². The predicted molar refractivity (Wildman–Crippen MR) is 108 cm³/mol. The third-order valence-electron chi connectivity index (χ3n) is 4.97. The van der Waals surface area contributed by atoms with E-state index in [-0.39, 0.29) is 11.2 Å². The summed E-state index contributed by atoms with van der Waals surface area (Å²) in [6.45, 7) is 6.45. The lowest BCUT2D eigenvalue weighted by Crippen LogP contribution is -2.10. The van der Waals surface area contributed by atoms with Gasteiger partial charge in [-0.15, -0.1) is 0 Å². The SMILES string of the molecule is COC(=O)c1ccc2c(c1)nc(-c1ccc(C(C)(C)C)cc1)c1c(F)ccn12. The topological polar surface area (TPSA) is 43.6 Å². The van der Waals surface area contributed by atoms with E-state index >= 15 is 0 Å². The number of hydrogen-bond acceptors (Lipinski definition) is 3. The summed E-state index contributed by atoms with van der Waals surface area (Å²) in [5.74, 6) is -0.764. The normalized spacial score (nSPS) is 11.9. The molecule has 0 spiro atoms. The van der Waals surface area contributed by atoms with Crippen molar-refractivity contribution >= 4 is 22.5 Å². The Morgan fingerprint density at radius 1 is 1.07 bits per heavy atom. The summed E-state index contributed by atoms with van der Waals surface area (Å²) >= 11 is 0. The number of hydrogen-bond donors (Lipinski definition) is 0. The van der Waals surface area contributed by atoms with Crippen molar-refractivity contribution in [3.05, 3.63) is 71.7 Å². The summed E-state index contributed by atoms with van der Waals surface area (Å²) in [6.07, 6.45) is 1.68. The van der Waals surface area contributed by atoms with E-state index < -0.39 is 5.97 Å². The molecule has 0 radical (unpaired) electrons. The minimum Gasteiger partial charge on any atom is -0.465 e. The van der Waals surface area contributed by atoms with Crippen LogP contribution in [0, 0.1) is 5.82 Å². The molecule has 5 heteroatoms. The monoisotopic (exact) mass is 376 g/mol. The molecule has 142 valence electrons. The van der Waals surface area contributed by atoms with E-state index in [4.69, 9.17) is 9.72 Å². The van der Waals surface area contributed by atoms with Gasteiger partial charge in [-0.3, -0.25) is 0 Å². The van der Waals surface area contributed by atoms with Gasteiger partial charge < -0.3 is 9.14 Å². The molecule has 0 amide bonds. The molecule has 4 nitrogen and oxygen atoms in total. The number of fused-ring (bicyclic) bond motifs is 3. The van der Waals surface area contributed by atoms with E-state index in [2.05, 4.69) is 20.8 Å². The minimum absolute atomic E-state index is 0.0282. The van der Waals surface area contributed by atoms with Gasteiger partial charge in [-0.2, -0.15) is 0 Å². The number of rotatable bonds is 2. The standard InChI is InChI=1S/C23H21FN2O2/c1-23(2,3)16-8-5-14(6-9-16)20-21-17(24)11-12-26(21)19-10-7-15(22(27)28-4)13-18(19)25-20/h5-13H,1-4H3. The summed E-state index contributed by atoms with van der Waals surface area (Å²) in [5, 5.41) is 0. The number of carbonyl (C=O) groups excluding carboxylic acids is 1. The fraction of sp³-hybridized carbons (Fsp3) is 0.217. The molecular formula is C23H21FN2O2. The van der Waals surface area contributed by atoms with Gasteiger partial charge in [0, 0.05) is 11.8 Å². The number of methoxy groups -OCH3 is 1. The molecule has 4 rings (SSSR count). The van der Waals surface area contributed by atoms with Gasteiger partial charge in [0.15, 0.2) is 5.82 Å². The van der Waals surface area contributed by atoms with E-state index in [9.17, 15) is 9.18 Å². The highest BCUT2D eigenvalue weighted by Crippen LogP contribution is 2.31. The van der Waals surface area contributed by atoms with Crippen LogP contribution >= 0.6 is 0 Å². The summed E-state index contributed by atoms with van der Waals surface area (Å²) in [5.41, 5.74) is 4.73. The molecule has 0 saturated heterocycles.